The topological polar surface area (TPSA) is 41.5 Å². The largest absolute Gasteiger partial charge is 0.389 e. The van der Waals surface area contributed by atoms with Crippen LogP contribution in [0.25, 0.3) is 0 Å². The average molecular weight is 371 g/mol. The van der Waals surface area contributed by atoms with Crippen molar-refractivity contribution in [2.75, 3.05) is 18.5 Å². The van der Waals surface area contributed by atoms with Crippen LogP contribution in [0.2, 0.25) is 5.02 Å². The van der Waals surface area contributed by atoms with Gasteiger partial charge in [0.2, 0.25) is 0 Å². The average Bonchev–Trinajstić information content (AvgIpc) is 2.48. The fraction of sp³-hybridized carbons (Fsp3) is 0.250. The van der Waals surface area contributed by atoms with Gasteiger partial charge in [-0.15, -0.1) is 0 Å². The van der Waals surface area contributed by atoms with E-state index in [-0.39, 0.29) is 6.61 Å². The van der Waals surface area contributed by atoms with Gasteiger partial charge < -0.3 is 15.2 Å². The Kier molecular flexibility index (Phi) is 6.51. The maximum Gasteiger partial charge on any atom is 0.0945 e. The van der Waals surface area contributed by atoms with Gasteiger partial charge in [-0.3, -0.25) is 0 Å². The molecular formula is C16H17BrClNO2. The number of aliphatic hydroxyl groups excluding tert-OH is 1. The molecule has 2 rings (SSSR count). The number of para-hydroxylation sites is 1. The van der Waals surface area contributed by atoms with Crippen LogP contribution in [-0.2, 0) is 11.3 Å². The fourth-order valence-electron chi connectivity index (χ4n) is 1.81. The molecule has 0 bridgehead atoms. The van der Waals surface area contributed by atoms with Crippen LogP contribution < -0.4 is 5.32 Å². The SMILES string of the molecule is OC(CNc1ccccc1Br)COCc1ccccc1Cl. The summed E-state index contributed by atoms with van der Waals surface area (Å²) in [5.41, 5.74) is 1.87. The molecule has 112 valence electrons. The van der Waals surface area contributed by atoms with Gasteiger partial charge in [-0.1, -0.05) is 41.9 Å². The quantitative estimate of drug-likeness (QED) is 0.771. The highest BCUT2D eigenvalue weighted by Gasteiger charge is 2.06. The first-order valence-corrected chi connectivity index (χ1v) is 7.81. The van der Waals surface area contributed by atoms with Gasteiger partial charge in [0.1, 0.15) is 0 Å². The second-order valence-electron chi connectivity index (χ2n) is 4.62. The molecule has 3 nitrogen and oxygen atoms in total. The Hall–Kier alpha value is -1.07. The predicted octanol–water partition coefficient (Wildman–Crippen LogP) is 4.09. The minimum atomic E-state index is -0.584. The Labute approximate surface area is 138 Å². The monoisotopic (exact) mass is 369 g/mol. The molecule has 0 radical (unpaired) electrons. The molecule has 1 atom stereocenters. The Morgan fingerprint density at radius 1 is 1.14 bits per heavy atom. The molecule has 0 aromatic heterocycles. The molecule has 0 fully saturated rings. The maximum atomic E-state index is 9.91. The minimum absolute atomic E-state index is 0.253. The molecule has 0 aliphatic carbocycles. The summed E-state index contributed by atoms with van der Waals surface area (Å²) >= 11 is 9.49. The van der Waals surface area contributed by atoms with E-state index in [0.29, 0.717) is 18.2 Å². The second-order valence-corrected chi connectivity index (χ2v) is 5.88. The Morgan fingerprint density at radius 2 is 1.86 bits per heavy atom. The van der Waals surface area contributed by atoms with E-state index in [1.54, 1.807) is 0 Å². The van der Waals surface area contributed by atoms with E-state index in [9.17, 15) is 5.11 Å². The molecule has 2 aromatic carbocycles. The van der Waals surface area contributed by atoms with Gasteiger partial charge in [0, 0.05) is 21.7 Å². The van der Waals surface area contributed by atoms with Gasteiger partial charge in [0.25, 0.3) is 0 Å². The van der Waals surface area contributed by atoms with E-state index in [2.05, 4.69) is 21.2 Å². The third-order valence-electron chi connectivity index (χ3n) is 2.93. The molecule has 5 heteroatoms. The van der Waals surface area contributed by atoms with Crippen molar-refractivity contribution >= 4 is 33.2 Å². The third-order valence-corrected chi connectivity index (χ3v) is 3.99. The summed E-state index contributed by atoms with van der Waals surface area (Å²) in [5, 5.41) is 13.8. The Balaban J connectivity index is 1.72. The molecule has 0 aliphatic rings. The zero-order valence-electron chi connectivity index (χ0n) is 11.4. The van der Waals surface area contributed by atoms with Gasteiger partial charge >= 0.3 is 0 Å². The zero-order chi connectivity index (χ0) is 15.1. The normalized spacial score (nSPS) is 12.1. The van der Waals surface area contributed by atoms with Crippen LogP contribution in [0.4, 0.5) is 5.69 Å². The van der Waals surface area contributed by atoms with Gasteiger partial charge in [-0.25, -0.2) is 0 Å². The van der Waals surface area contributed by atoms with E-state index in [1.165, 1.54) is 0 Å². The minimum Gasteiger partial charge on any atom is -0.389 e. The highest BCUT2D eigenvalue weighted by atomic mass is 79.9. The number of anilines is 1. The smallest absolute Gasteiger partial charge is 0.0945 e. The number of halogens is 2. The van der Waals surface area contributed by atoms with Crippen molar-refractivity contribution in [3.05, 3.63) is 63.6 Å². The summed E-state index contributed by atoms with van der Waals surface area (Å²) < 4.78 is 6.46. The second kappa shape index (κ2) is 8.39. The van der Waals surface area contributed by atoms with Gasteiger partial charge in [-0.2, -0.15) is 0 Å². The number of rotatable bonds is 7. The number of aliphatic hydroxyl groups is 1. The van der Waals surface area contributed by atoms with Crippen molar-refractivity contribution in [1.29, 1.82) is 0 Å². The lowest BCUT2D eigenvalue weighted by Gasteiger charge is -2.14. The Bertz CT molecular complexity index is 580. The number of ether oxygens (including phenoxy) is 1. The first-order chi connectivity index (χ1) is 10.2. The number of benzene rings is 2. The molecule has 1 unspecified atom stereocenters. The van der Waals surface area contributed by atoms with Gasteiger partial charge in [0.15, 0.2) is 0 Å². The van der Waals surface area contributed by atoms with Crippen LogP contribution in [0.3, 0.4) is 0 Å². The van der Waals surface area contributed by atoms with E-state index in [4.69, 9.17) is 16.3 Å². The van der Waals surface area contributed by atoms with Crippen molar-refractivity contribution in [3.63, 3.8) is 0 Å². The van der Waals surface area contributed by atoms with E-state index in [0.717, 1.165) is 15.7 Å². The van der Waals surface area contributed by atoms with Crippen molar-refractivity contribution in [1.82, 2.24) is 0 Å². The van der Waals surface area contributed by atoms with Crippen molar-refractivity contribution in [2.24, 2.45) is 0 Å². The highest BCUT2D eigenvalue weighted by Crippen LogP contribution is 2.21. The summed E-state index contributed by atoms with van der Waals surface area (Å²) in [6.45, 7) is 1.07. The van der Waals surface area contributed by atoms with Crippen molar-refractivity contribution < 1.29 is 9.84 Å². The molecule has 2 N–H and O–H groups in total. The van der Waals surface area contributed by atoms with Crippen molar-refractivity contribution in [3.8, 4) is 0 Å². The molecule has 0 saturated heterocycles. The van der Waals surface area contributed by atoms with E-state index in [1.807, 2.05) is 48.5 Å². The fourth-order valence-corrected chi connectivity index (χ4v) is 2.43. The molecular weight excluding hydrogens is 354 g/mol. The standard InChI is InChI=1S/C16H17BrClNO2/c17-14-6-2-4-8-16(14)19-9-13(20)11-21-10-12-5-1-3-7-15(12)18/h1-8,13,19-20H,9-11H2. The lowest BCUT2D eigenvalue weighted by atomic mass is 10.2. The third kappa shape index (κ3) is 5.32. The molecule has 0 amide bonds. The lowest BCUT2D eigenvalue weighted by Crippen LogP contribution is -2.24. The molecule has 2 aromatic rings. The van der Waals surface area contributed by atoms with Crippen LogP contribution in [0.15, 0.2) is 53.0 Å². The van der Waals surface area contributed by atoms with Gasteiger partial charge in [0.05, 0.1) is 19.3 Å². The summed E-state index contributed by atoms with van der Waals surface area (Å²) in [4.78, 5) is 0. The van der Waals surface area contributed by atoms with Crippen LogP contribution >= 0.6 is 27.5 Å². The molecule has 0 aliphatic heterocycles. The summed E-state index contributed by atoms with van der Waals surface area (Å²) in [5.74, 6) is 0. The van der Waals surface area contributed by atoms with E-state index >= 15 is 0 Å². The van der Waals surface area contributed by atoms with Gasteiger partial charge in [-0.05, 0) is 39.7 Å². The van der Waals surface area contributed by atoms with Crippen LogP contribution in [0, 0.1) is 0 Å². The number of hydrogen-bond acceptors (Lipinski definition) is 3. The van der Waals surface area contributed by atoms with Crippen LogP contribution in [0.1, 0.15) is 5.56 Å². The molecule has 0 heterocycles. The highest BCUT2D eigenvalue weighted by molar-refractivity contribution is 9.10. The summed E-state index contributed by atoms with van der Waals surface area (Å²) in [6, 6.07) is 15.3. The number of hydrogen-bond donors (Lipinski definition) is 2. The first kappa shape index (κ1) is 16.3. The number of nitrogens with one attached hydrogen (secondary N) is 1. The van der Waals surface area contributed by atoms with Crippen LogP contribution in [0.5, 0.6) is 0 Å². The lowest BCUT2D eigenvalue weighted by molar-refractivity contribution is 0.0348. The van der Waals surface area contributed by atoms with Crippen molar-refractivity contribution in [2.45, 2.75) is 12.7 Å². The first-order valence-electron chi connectivity index (χ1n) is 6.64. The zero-order valence-corrected chi connectivity index (χ0v) is 13.8. The maximum absolute atomic E-state index is 9.91. The molecule has 0 spiro atoms. The molecule has 0 saturated carbocycles. The Morgan fingerprint density at radius 3 is 2.62 bits per heavy atom. The van der Waals surface area contributed by atoms with Crippen LogP contribution in [-0.4, -0.2) is 24.4 Å². The predicted molar refractivity (Wildman–Crippen MR) is 89.7 cm³/mol. The van der Waals surface area contributed by atoms with E-state index < -0.39 is 6.10 Å². The summed E-state index contributed by atoms with van der Waals surface area (Å²) in [7, 11) is 0. The summed E-state index contributed by atoms with van der Waals surface area (Å²) in [6.07, 6.45) is -0.584. The molecule has 21 heavy (non-hydrogen) atoms.